The maximum atomic E-state index is 5.51. The molecule has 0 saturated carbocycles. The van der Waals surface area contributed by atoms with Gasteiger partial charge < -0.3 is 0 Å². The van der Waals surface area contributed by atoms with Gasteiger partial charge in [0.1, 0.15) is 0 Å². The predicted octanol–water partition coefficient (Wildman–Crippen LogP) is 3.41. The van der Waals surface area contributed by atoms with Gasteiger partial charge in [-0.25, -0.2) is 0 Å². The average Bonchev–Trinajstić information content (AvgIpc) is 1.62. The van der Waals surface area contributed by atoms with Crippen molar-refractivity contribution < 1.29 is 0 Å². The fourth-order valence-electron chi connectivity index (χ4n) is 0.250. The molecule has 0 heterocycles. The number of hydrogen-bond acceptors (Lipinski definition) is 0. The van der Waals surface area contributed by atoms with Gasteiger partial charge in [-0.1, -0.05) is 34.8 Å². The summed E-state index contributed by atoms with van der Waals surface area (Å²) in [5, 5.41) is -0.390. The molecule has 1 atom stereocenters. The van der Waals surface area contributed by atoms with Gasteiger partial charge in [-0.05, 0) is 0 Å². The molecule has 9 heavy (non-hydrogen) atoms. The van der Waals surface area contributed by atoms with Crippen LogP contribution in [0.3, 0.4) is 0 Å². The zero-order valence-electron chi connectivity index (χ0n) is 4.25. The van der Waals surface area contributed by atoms with Crippen molar-refractivity contribution >= 4 is 58.0 Å². The lowest BCUT2D eigenvalue weighted by Crippen LogP contribution is -2.13. The van der Waals surface area contributed by atoms with Crippen LogP contribution in [0.5, 0.6) is 0 Å². The summed E-state index contributed by atoms with van der Waals surface area (Å²) in [4.78, 5) is 0. The number of halogens is 5. The summed E-state index contributed by atoms with van der Waals surface area (Å²) in [6, 6.07) is 0. The first-order valence-corrected chi connectivity index (χ1v) is 4.19. The van der Waals surface area contributed by atoms with E-state index in [1.165, 1.54) is 6.42 Å². The van der Waals surface area contributed by atoms with Gasteiger partial charge in [-0.3, -0.25) is 0 Å². The first-order chi connectivity index (χ1) is 3.95. The molecule has 1 radical (unpaired) electrons. The van der Waals surface area contributed by atoms with E-state index in [1.807, 2.05) is 0 Å². The highest BCUT2D eigenvalue weighted by Gasteiger charge is 2.23. The van der Waals surface area contributed by atoms with E-state index in [4.69, 9.17) is 58.0 Å². The summed E-state index contributed by atoms with van der Waals surface area (Å²) in [5.74, 6) is 0.246. The van der Waals surface area contributed by atoms with Gasteiger partial charge in [0, 0.05) is 12.3 Å². The Hall–Kier alpha value is 1.45. The second-order valence-electron chi connectivity index (χ2n) is 1.38. The Bertz CT molecular complexity index is 75.5. The van der Waals surface area contributed by atoms with Crippen molar-refractivity contribution in [2.24, 2.45) is 0 Å². The van der Waals surface area contributed by atoms with Crippen LogP contribution < -0.4 is 0 Å². The minimum atomic E-state index is -1.40. The molecule has 5 heteroatoms. The van der Waals surface area contributed by atoms with E-state index in [0.717, 1.165) is 0 Å². The Labute approximate surface area is 79.4 Å². The molecule has 0 aromatic carbocycles. The van der Waals surface area contributed by atoms with E-state index in [1.54, 1.807) is 0 Å². The lowest BCUT2D eigenvalue weighted by molar-refractivity contribution is 1.05. The van der Waals surface area contributed by atoms with Crippen LogP contribution in [0, 0.1) is 6.42 Å². The van der Waals surface area contributed by atoms with E-state index in [9.17, 15) is 0 Å². The van der Waals surface area contributed by atoms with Crippen molar-refractivity contribution in [3.05, 3.63) is 6.42 Å². The molecule has 0 saturated heterocycles. The summed E-state index contributed by atoms with van der Waals surface area (Å²) in [5.41, 5.74) is 0. The molecule has 0 aliphatic carbocycles. The zero-order chi connectivity index (χ0) is 7.49. The van der Waals surface area contributed by atoms with Crippen molar-refractivity contribution in [2.75, 3.05) is 5.88 Å². The third-order valence-corrected chi connectivity index (χ3v) is 1.67. The zero-order valence-corrected chi connectivity index (χ0v) is 8.03. The van der Waals surface area contributed by atoms with Crippen LogP contribution in [0.1, 0.15) is 0 Å². The minimum Gasteiger partial charge on any atom is -0.125 e. The summed E-state index contributed by atoms with van der Waals surface area (Å²) in [6.07, 6.45) is 1.34. The van der Waals surface area contributed by atoms with Crippen LogP contribution in [-0.2, 0) is 0 Å². The van der Waals surface area contributed by atoms with Crippen molar-refractivity contribution in [3.63, 3.8) is 0 Å². The Morgan fingerprint density at radius 1 is 1.33 bits per heavy atom. The SMILES string of the molecule is ClCC(Cl)[CH]C(Cl)(Cl)Cl. The second kappa shape index (κ2) is 4.35. The molecule has 0 amide bonds. The van der Waals surface area contributed by atoms with Crippen molar-refractivity contribution in [1.29, 1.82) is 0 Å². The molecule has 0 aromatic rings. The summed E-state index contributed by atoms with van der Waals surface area (Å²) >= 11 is 26.8. The van der Waals surface area contributed by atoms with E-state index in [2.05, 4.69) is 0 Å². The minimum absolute atomic E-state index is 0.246. The maximum Gasteiger partial charge on any atom is 0.195 e. The highest BCUT2D eigenvalue weighted by molar-refractivity contribution is 6.68. The van der Waals surface area contributed by atoms with Crippen molar-refractivity contribution in [2.45, 2.75) is 9.17 Å². The van der Waals surface area contributed by atoms with Crippen LogP contribution >= 0.6 is 58.0 Å². The fourth-order valence-corrected chi connectivity index (χ4v) is 1.18. The molecule has 0 fully saturated rings. The Morgan fingerprint density at radius 2 is 1.78 bits per heavy atom. The lowest BCUT2D eigenvalue weighted by atomic mass is 10.4. The van der Waals surface area contributed by atoms with Crippen LogP contribution in [0.4, 0.5) is 0 Å². The molecule has 0 aliphatic rings. The summed E-state index contributed by atoms with van der Waals surface area (Å²) in [7, 11) is 0. The third kappa shape index (κ3) is 7.35. The number of alkyl halides is 5. The van der Waals surface area contributed by atoms with E-state index >= 15 is 0 Å². The largest absolute Gasteiger partial charge is 0.195 e. The molecule has 0 rings (SSSR count). The second-order valence-corrected chi connectivity index (χ2v) is 4.62. The van der Waals surface area contributed by atoms with Crippen LogP contribution in [0.25, 0.3) is 0 Å². The monoisotopic (exact) mass is 227 g/mol. The van der Waals surface area contributed by atoms with E-state index in [-0.39, 0.29) is 11.3 Å². The molecule has 0 aromatic heterocycles. The summed E-state index contributed by atoms with van der Waals surface area (Å²) in [6.45, 7) is 0. The highest BCUT2D eigenvalue weighted by atomic mass is 35.6. The molecule has 55 valence electrons. The fraction of sp³-hybridized carbons (Fsp3) is 0.750. The molecular formula is C4H4Cl5. The number of rotatable bonds is 2. The molecule has 0 bridgehead atoms. The Balaban J connectivity index is 3.47. The van der Waals surface area contributed by atoms with Gasteiger partial charge in [-0.15, -0.1) is 23.2 Å². The number of hydrogen-bond donors (Lipinski definition) is 0. The van der Waals surface area contributed by atoms with E-state index in [0.29, 0.717) is 0 Å². The quantitative estimate of drug-likeness (QED) is 0.637. The topological polar surface area (TPSA) is 0 Å². The third-order valence-electron chi connectivity index (χ3n) is 0.517. The van der Waals surface area contributed by atoms with Crippen LogP contribution in [0.2, 0.25) is 0 Å². The smallest absolute Gasteiger partial charge is 0.125 e. The first kappa shape index (κ1) is 10.4. The molecule has 0 aliphatic heterocycles. The molecule has 0 N–H and O–H groups in total. The lowest BCUT2D eigenvalue weighted by Gasteiger charge is -2.11. The van der Waals surface area contributed by atoms with Gasteiger partial charge in [0.2, 0.25) is 0 Å². The van der Waals surface area contributed by atoms with Crippen molar-refractivity contribution in [3.8, 4) is 0 Å². The predicted molar refractivity (Wildman–Crippen MR) is 45.0 cm³/mol. The molecule has 1 unspecified atom stereocenters. The van der Waals surface area contributed by atoms with Crippen molar-refractivity contribution in [1.82, 2.24) is 0 Å². The van der Waals surface area contributed by atoms with Gasteiger partial charge in [-0.2, -0.15) is 0 Å². The highest BCUT2D eigenvalue weighted by Crippen LogP contribution is 2.32. The van der Waals surface area contributed by atoms with Gasteiger partial charge in [0.05, 0.1) is 5.38 Å². The van der Waals surface area contributed by atoms with E-state index < -0.39 is 3.79 Å². The first-order valence-electron chi connectivity index (χ1n) is 2.08. The van der Waals surface area contributed by atoms with Crippen LogP contribution in [0.15, 0.2) is 0 Å². The standard InChI is InChI=1S/C4H4Cl5/c5-2-3(6)1-4(7,8)9/h1,3H,2H2. The Morgan fingerprint density at radius 3 is 1.89 bits per heavy atom. The molecule has 0 nitrogen and oxygen atoms in total. The molecule has 0 spiro atoms. The van der Waals surface area contributed by atoms with Gasteiger partial charge in [0.15, 0.2) is 3.79 Å². The van der Waals surface area contributed by atoms with Gasteiger partial charge in [0.25, 0.3) is 0 Å². The van der Waals surface area contributed by atoms with Crippen LogP contribution in [-0.4, -0.2) is 15.0 Å². The Kier molecular flexibility index (Phi) is 5.05. The molecular weight excluding hydrogens is 225 g/mol. The summed E-state index contributed by atoms with van der Waals surface area (Å²) < 4.78 is -1.40. The average molecular weight is 229 g/mol. The van der Waals surface area contributed by atoms with Gasteiger partial charge >= 0.3 is 0 Å². The maximum absolute atomic E-state index is 5.51. The normalized spacial score (nSPS) is 15.7.